The molecule has 0 atom stereocenters. The molecule has 2 N–H and O–H groups in total. The first-order valence-electron chi connectivity index (χ1n) is 7.16. The Bertz CT molecular complexity index is 462. The molecule has 0 fully saturated rings. The molecule has 0 aromatic heterocycles. The van der Waals surface area contributed by atoms with E-state index in [1.54, 1.807) is 6.07 Å². The standard InChI is InChI=1S/C15H22N2O3/c1-2-8-17(9-4-7-16)15(18)12-5-3-6-13-14(12)20-11-10-19-13/h3,5-6H,2,4,7-11,16H2,1H3. The third kappa shape index (κ3) is 3.22. The number of para-hydroxylation sites is 1. The fraction of sp³-hybridized carbons (Fsp3) is 0.533. The van der Waals surface area contributed by atoms with E-state index in [2.05, 4.69) is 6.92 Å². The summed E-state index contributed by atoms with van der Waals surface area (Å²) in [6.45, 7) is 5.05. The maximum absolute atomic E-state index is 12.7. The van der Waals surface area contributed by atoms with Crippen LogP contribution in [0.2, 0.25) is 0 Å². The average Bonchev–Trinajstić information content (AvgIpc) is 2.50. The van der Waals surface area contributed by atoms with Crippen LogP contribution in [0.1, 0.15) is 30.1 Å². The Morgan fingerprint density at radius 3 is 2.85 bits per heavy atom. The second-order valence-corrected chi connectivity index (χ2v) is 4.76. The number of hydrogen-bond donors (Lipinski definition) is 1. The molecule has 0 spiro atoms. The van der Waals surface area contributed by atoms with Crippen molar-refractivity contribution in [3.05, 3.63) is 23.8 Å². The molecule has 0 saturated carbocycles. The van der Waals surface area contributed by atoms with E-state index in [0.29, 0.717) is 43.4 Å². The number of benzene rings is 1. The molecule has 110 valence electrons. The maximum Gasteiger partial charge on any atom is 0.257 e. The summed E-state index contributed by atoms with van der Waals surface area (Å²) in [4.78, 5) is 14.5. The number of nitrogens with zero attached hydrogens (tertiary/aromatic N) is 1. The van der Waals surface area contributed by atoms with Gasteiger partial charge in [0.2, 0.25) is 0 Å². The highest BCUT2D eigenvalue weighted by atomic mass is 16.6. The lowest BCUT2D eigenvalue weighted by Crippen LogP contribution is -2.34. The van der Waals surface area contributed by atoms with Gasteiger partial charge >= 0.3 is 0 Å². The normalized spacial score (nSPS) is 13.1. The largest absolute Gasteiger partial charge is 0.486 e. The van der Waals surface area contributed by atoms with Crippen molar-refractivity contribution in [2.24, 2.45) is 5.73 Å². The summed E-state index contributed by atoms with van der Waals surface area (Å²) in [7, 11) is 0. The lowest BCUT2D eigenvalue weighted by molar-refractivity contribution is 0.0744. The predicted octanol–water partition coefficient (Wildman–Crippen LogP) is 1.66. The van der Waals surface area contributed by atoms with E-state index in [0.717, 1.165) is 19.4 Å². The van der Waals surface area contributed by atoms with Gasteiger partial charge < -0.3 is 20.1 Å². The molecule has 5 heteroatoms. The average molecular weight is 278 g/mol. The van der Waals surface area contributed by atoms with E-state index in [-0.39, 0.29) is 5.91 Å². The summed E-state index contributed by atoms with van der Waals surface area (Å²) >= 11 is 0. The SMILES string of the molecule is CCCN(CCCN)C(=O)c1cccc2c1OCCO2. The van der Waals surface area contributed by atoms with Gasteiger partial charge in [0.25, 0.3) is 5.91 Å². The number of fused-ring (bicyclic) bond motifs is 1. The fourth-order valence-corrected chi connectivity index (χ4v) is 2.28. The van der Waals surface area contributed by atoms with E-state index in [9.17, 15) is 4.79 Å². The van der Waals surface area contributed by atoms with Crippen LogP contribution in [0, 0.1) is 0 Å². The van der Waals surface area contributed by atoms with Crippen molar-refractivity contribution in [1.29, 1.82) is 0 Å². The molecule has 0 unspecified atom stereocenters. The summed E-state index contributed by atoms with van der Waals surface area (Å²) in [6.07, 6.45) is 1.72. The summed E-state index contributed by atoms with van der Waals surface area (Å²) in [5.74, 6) is 1.21. The van der Waals surface area contributed by atoms with Crippen LogP contribution in [-0.2, 0) is 0 Å². The van der Waals surface area contributed by atoms with Crippen LogP contribution in [-0.4, -0.2) is 43.7 Å². The van der Waals surface area contributed by atoms with Crippen LogP contribution in [0.15, 0.2) is 18.2 Å². The minimum Gasteiger partial charge on any atom is -0.486 e. The Hall–Kier alpha value is -1.75. The minimum absolute atomic E-state index is 0.0114. The smallest absolute Gasteiger partial charge is 0.257 e. The number of carbonyl (C=O) groups excluding carboxylic acids is 1. The zero-order chi connectivity index (χ0) is 14.4. The molecule has 1 aliphatic rings. The van der Waals surface area contributed by atoms with Crippen molar-refractivity contribution in [3.63, 3.8) is 0 Å². The van der Waals surface area contributed by atoms with Gasteiger partial charge in [-0.3, -0.25) is 4.79 Å². The third-order valence-corrected chi connectivity index (χ3v) is 3.21. The third-order valence-electron chi connectivity index (χ3n) is 3.21. The number of ether oxygens (including phenoxy) is 2. The van der Waals surface area contributed by atoms with E-state index in [4.69, 9.17) is 15.2 Å². The monoisotopic (exact) mass is 278 g/mol. The zero-order valence-corrected chi connectivity index (χ0v) is 11.9. The fourth-order valence-electron chi connectivity index (χ4n) is 2.28. The van der Waals surface area contributed by atoms with Crippen LogP contribution in [0.3, 0.4) is 0 Å². The maximum atomic E-state index is 12.7. The summed E-state index contributed by atoms with van der Waals surface area (Å²) in [6, 6.07) is 5.45. The van der Waals surface area contributed by atoms with E-state index in [1.807, 2.05) is 17.0 Å². The van der Waals surface area contributed by atoms with Crippen molar-refractivity contribution in [2.45, 2.75) is 19.8 Å². The van der Waals surface area contributed by atoms with Gasteiger partial charge in [-0.05, 0) is 31.5 Å². The molecule has 2 rings (SSSR count). The summed E-state index contributed by atoms with van der Waals surface area (Å²) in [5, 5.41) is 0. The first-order valence-corrected chi connectivity index (χ1v) is 7.16. The molecule has 0 radical (unpaired) electrons. The Morgan fingerprint density at radius 1 is 1.30 bits per heavy atom. The first kappa shape index (κ1) is 14.7. The molecular formula is C15H22N2O3. The van der Waals surface area contributed by atoms with E-state index >= 15 is 0 Å². The predicted molar refractivity (Wildman–Crippen MR) is 77.3 cm³/mol. The van der Waals surface area contributed by atoms with Gasteiger partial charge in [0.15, 0.2) is 11.5 Å². The van der Waals surface area contributed by atoms with Crippen molar-refractivity contribution >= 4 is 5.91 Å². The second kappa shape index (κ2) is 7.14. The number of amides is 1. The van der Waals surface area contributed by atoms with Crippen molar-refractivity contribution in [3.8, 4) is 11.5 Å². The molecule has 1 heterocycles. The molecule has 0 bridgehead atoms. The summed E-state index contributed by atoms with van der Waals surface area (Å²) in [5.41, 5.74) is 6.12. The van der Waals surface area contributed by atoms with Crippen LogP contribution in [0.25, 0.3) is 0 Å². The Kier molecular flexibility index (Phi) is 5.24. The van der Waals surface area contributed by atoms with Gasteiger partial charge in [0.05, 0.1) is 5.56 Å². The highest BCUT2D eigenvalue weighted by Gasteiger charge is 2.23. The lowest BCUT2D eigenvalue weighted by atomic mass is 10.1. The number of rotatable bonds is 6. The quantitative estimate of drug-likeness (QED) is 0.859. The first-order chi connectivity index (χ1) is 9.77. The molecule has 0 aliphatic carbocycles. The van der Waals surface area contributed by atoms with Gasteiger partial charge in [0.1, 0.15) is 13.2 Å². The van der Waals surface area contributed by atoms with E-state index in [1.165, 1.54) is 0 Å². The Balaban J connectivity index is 2.22. The Labute approximate surface area is 119 Å². The van der Waals surface area contributed by atoms with Gasteiger partial charge in [-0.1, -0.05) is 13.0 Å². The molecule has 0 saturated heterocycles. The second-order valence-electron chi connectivity index (χ2n) is 4.76. The topological polar surface area (TPSA) is 64.8 Å². The lowest BCUT2D eigenvalue weighted by Gasteiger charge is -2.25. The molecule has 1 amide bonds. The molecule has 20 heavy (non-hydrogen) atoms. The van der Waals surface area contributed by atoms with Gasteiger partial charge in [-0.2, -0.15) is 0 Å². The molecule has 5 nitrogen and oxygen atoms in total. The van der Waals surface area contributed by atoms with Crippen molar-refractivity contribution in [2.75, 3.05) is 32.8 Å². The van der Waals surface area contributed by atoms with Gasteiger partial charge in [0, 0.05) is 13.1 Å². The summed E-state index contributed by atoms with van der Waals surface area (Å²) < 4.78 is 11.1. The van der Waals surface area contributed by atoms with Crippen LogP contribution in [0.5, 0.6) is 11.5 Å². The Morgan fingerprint density at radius 2 is 2.10 bits per heavy atom. The molecule has 1 aromatic rings. The number of carbonyl (C=O) groups is 1. The van der Waals surface area contributed by atoms with Gasteiger partial charge in [-0.25, -0.2) is 0 Å². The van der Waals surface area contributed by atoms with Crippen molar-refractivity contribution < 1.29 is 14.3 Å². The van der Waals surface area contributed by atoms with Crippen LogP contribution in [0.4, 0.5) is 0 Å². The number of nitrogens with two attached hydrogens (primary N) is 1. The highest BCUT2D eigenvalue weighted by Crippen LogP contribution is 2.34. The molecular weight excluding hydrogens is 256 g/mol. The highest BCUT2D eigenvalue weighted by molar-refractivity contribution is 5.97. The van der Waals surface area contributed by atoms with Crippen LogP contribution < -0.4 is 15.2 Å². The number of hydrogen-bond acceptors (Lipinski definition) is 4. The van der Waals surface area contributed by atoms with Gasteiger partial charge in [-0.15, -0.1) is 0 Å². The zero-order valence-electron chi connectivity index (χ0n) is 11.9. The molecule has 1 aromatic carbocycles. The molecule has 1 aliphatic heterocycles. The van der Waals surface area contributed by atoms with E-state index < -0.39 is 0 Å². The minimum atomic E-state index is -0.0114. The van der Waals surface area contributed by atoms with Crippen LogP contribution >= 0.6 is 0 Å². The van der Waals surface area contributed by atoms with Crippen molar-refractivity contribution in [1.82, 2.24) is 4.90 Å².